The first-order chi connectivity index (χ1) is 6.47. The van der Waals surface area contributed by atoms with Gasteiger partial charge in [-0.15, -0.1) is 0 Å². The molecule has 0 spiro atoms. The van der Waals surface area contributed by atoms with Crippen LogP contribution in [0.2, 0.25) is 0 Å². The molecule has 0 fully saturated rings. The predicted octanol–water partition coefficient (Wildman–Crippen LogP) is -0.710. The summed E-state index contributed by atoms with van der Waals surface area (Å²) in [7, 11) is 0. The van der Waals surface area contributed by atoms with Crippen LogP contribution in [0.15, 0.2) is 0 Å². The van der Waals surface area contributed by atoms with Gasteiger partial charge in [0.25, 0.3) is 0 Å². The Labute approximate surface area is 83.3 Å². The Balaban J connectivity index is 3.66. The van der Waals surface area contributed by atoms with Crippen LogP contribution in [0, 0.1) is 5.92 Å². The summed E-state index contributed by atoms with van der Waals surface area (Å²) in [6, 6.07) is 0. The van der Waals surface area contributed by atoms with E-state index >= 15 is 0 Å². The minimum absolute atomic E-state index is 0.197. The molecule has 0 unspecified atom stereocenters. The third-order valence-corrected chi connectivity index (χ3v) is 1.62. The highest BCUT2D eigenvalue weighted by Crippen LogP contribution is 2.02. The van der Waals surface area contributed by atoms with E-state index in [-0.39, 0.29) is 18.9 Å². The molecule has 0 bridgehead atoms. The molecular formula is C9H18O5. The van der Waals surface area contributed by atoms with Crippen LogP contribution >= 0.6 is 0 Å². The van der Waals surface area contributed by atoms with E-state index in [1.165, 1.54) is 0 Å². The fourth-order valence-corrected chi connectivity index (χ4v) is 0.803. The minimum atomic E-state index is -1.26. The number of hydrogen-bond acceptors (Lipinski definition) is 5. The third-order valence-electron chi connectivity index (χ3n) is 1.62. The zero-order valence-corrected chi connectivity index (χ0v) is 8.51. The molecule has 5 nitrogen and oxygen atoms in total. The van der Waals surface area contributed by atoms with Crippen molar-refractivity contribution in [1.82, 2.24) is 0 Å². The first-order valence-corrected chi connectivity index (χ1v) is 4.60. The average Bonchev–Trinajstić information content (AvgIpc) is 2.11. The van der Waals surface area contributed by atoms with Crippen LogP contribution in [0.4, 0.5) is 0 Å². The highest BCUT2D eigenvalue weighted by atomic mass is 16.5. The summed E-state index contributed by atoms with van der Waals surface area (Å²) in [5.74, 6) is -0.216. The molecule has 0 aromatic rings. The summed E-state index contributed by atoms with van der Waals surface area (Å²) < 4.78 is 4.68. The van der Waals surface area contributed by atoms with Crippen LogP contribution in [-0.2, 0) is 9.53 Å². The molecule has 3 N–H and O–H groups in total. The van der Waals surface area contributed by atoms with Crippen molar-refractivity contribution >= 4 is 5.97 Å². The molecule has 0 amide bonds. The molecule has 0 saturated heterocycles. The van der Waals surface area contributed by atoms with E-state index in [4.69, 9.17) is 15.3 Å². The van der Waals surface area contributed by atoms with Crippen molar-refractivity contribution in [2.75, 3.05) is 13.2 Å². The molecule has 0 heterocycles. The zero-order chi connectivity index (χ0) is 11.1. The van der Waals surface area contributed by atoms with Crippen LogP contribution in [0.25, 0.3) is 0 Å². The van der Waals surface area contributed by atoms with Gasteiger partial charge in [0.05, 0.1) is 6.61 Å². The van der Waals surface area contributed by atoms with Crippen LogP contribution in [0.1, 0.15) is 20.3 Å². The number of ether oxygens (including phenoxy) is 1. The molecule has 2 atom stereocenters. The summed E-state index contributed by atoms with van der Waals surface area (Å²) >= 11 is 0. The molecule has 0 radical (unpaired) electrons. The highest BCUT2D eigenvalue weighted by molar-refractivity contribution is 5.69. The topological polar surface area (TPSA) is 87.0 Å². The second-order valence-electron chi connectivity index (χ2n) is 3.60. The van der Waals surface area contributed by atoms with Crippen molar-refractivity contribution < 1.29 is 24.9 Å². The highest BCUT2D eigenvalue weighted by Gasteiger charge is 2.17. The number of esters is 1. The lowest BCUT2D eigenvalue weighted by Gasteiger charge is -2.15. The lowest BCUT2D eigenvalue weighted by Crippen LogP contribution is -2.34. The Bertz CT molecular complexity index is 169. The summed E-state index contributed by atoms with van der Waals surface area (Å²) in [4.78, 5) is 11.0. The van der Waals surface area contributed by atoms with Gasteiger partial charge in [-0.05, 0) is 5.92 Å². The molecule has 0 aliphatic carbocycles. The molecule has 14 heavy (non-hydrogen) atoms. The van der Waals surface area contributed by atoms with Crippen molar-refractivity contribution in [3.8, 4) is 0 Å². The summed E-state index contributed by atoms with van der Waals surface area (Å²) in [6.45, 7) is 2.91. The average molecular weight is 206 g/mol. The Hall–Kier alpha value is -0.650. The quantitative estimate of drug-likeness (QED) is 0.500. The number of aliphatic hydroxyl groups excluding tert-OH is 3. The molecule has 0 aliphatic rings. The minimum Gasteiger partial charge on any atom is -0.463 e. The van der Waals surface area contributed by atoms with Gasteiger partial charge in [0, 0.05) is 6.42 Å². The van der Waals surface area contributed by atoms with E-state index in [1.54, 1.807) is 0 Å². The van der Waals surface area contributed by atoms with E-state index in [0.717, 1.165) is 0 Å². The summed E-state index contributed by atoms with van der Waals surface area (Å²) in [5.41, 5.74) is 0. The van der Waals surface area contributed by atoms with Gasteiger partial charge in [0.15, 0.2) is 0 Å². The van der Waals surface area contributed by atoms with Crippen molar-refractivity contribution in [2.45, 2.75) is 32.5 Å². The molecule has 0 aromatic carbocycles. The van der Waals surface area contributed by atoms with Gasteiger partial charge >= 0.3 is 5.97 Å². The summed E-state index contributed by atoms with van der Waals surface area (Å²) in [6.07, 6.45) is -2.21. The van der Waals surface area contributed by atoms with E-state index in [2.05, 4.69) is 4.74 Å². The van der Waals surface area contributed by atoms with E-state index in [1.807, 2.05) is 13.8 Å². The lowest BCUT2D eigenvalue weighted by molar-refractivity contribution is -0.150. The van der Waals surface area contributed by atoms with Gasteiger partial charge in [-0.1, -0.05) is 13.8 Å². The number of carbonyl (C=O) groups is 1. The maximum Gasteiger partial charge on any atom is 0.306 e. The van der Waals surface area contributed by atoms with E-state index < -0.39 is 24.8 Å². The number of hydrogen-bond donors (Lipinski definition) is 3. The van der Waals surface area contributed by atoms with Gasteiger partial charge < -0.3 is 20.1 Å². The fourth-order valence-electron chi connectivity index (χ4n) is 0.803. The predicted molar refractivity (Wildman–Crippen MR) is 49.5 cm³/mol. The first kappa shape index (κ1) is 13.4. The van der Waals surface area contributed by atoms with Crippen molar-refractivity contribution in [1.29, 1.82) is 0 Å². The first-order valence-electron chi connectivity index (χ1n) is 4.60. The maximum atomic E-state index is 11.0. The fraction of sp³-hybridized carbons (Fsp3) is 0.889. The monoisotopic (exact) mass is 206 g/mol. The van der Waals surface area contributed by atoms with Crippen LogP contribution in [0.3, 0.4) is 0 Å². The maximum absolute atomic E-state index is 11.0. The second kappa shape index (κ2) is 6.75. The summed E-state index contributed by atoms with van der Waals surface area (Å²) in [5, 5.41) is 26.5. The zero-order valence-electron chi connectivity index (χ0n) is 8.51. The van der Waals surface area contributed by atoms with Gasteiger partial charge in [0.2, 0.25) is 0 Å². The van der Waals surface area contributed by atoms with Crippen LogP contribution in [-0.4, -0.2) is 46.7 Å². The Kier molecular flexibility index (Phi) is 6.44. The number of aliphatic hydroxyl groups is 3. The van der Waals surface area contributed by atoms with Gasteiger partial charge in [-0.2, -0.15) is 0 Å². The van der Waals surface area contributed by atoms with Gasteiger partial charge in [-0.3, -0.25) is 4.79 Å². The molecule has 0 saturated carbocycles. The molecule has 5 heteroatoms. The van der Waals surface area contributed by atoms with E-state index in [9.17, 15) is 4.79 Å². The number of carbonyl (C=O) groups excluding carboxylic acids is 1. The smallest absolute Gasteiger partial charge is 0.306 e. The standard InChI is InChI=1S/C9H18O5/c1-6(2)3-9(13)14-5-8(12)7(11)4-10/h6-8,10-12H,3-5H2,1-2H3/t7-,8-/m1/s1. The van der Waals surface area contributed by atoms with Crippen molar-refractivity contribution in [3.63, 3.8) is 0 Å². The largest absolute Gasteiger partial charge is 0.463 e. The van der Waals surface area contributed by atoms with Gasteiger partial charge in [0.1, 0.15) is 18.8 Å². The SMILES string of the molecule is CC(C)CC(=O)OC[C@@H](O)[C@H](O)CO. The Morgan fingerprint density at radius 3 is 2.29 bits per heavy atom. The molecule has 0 aliphatic heterocycles. The molecule has 84 valence electrons. The third kappa shape index (κ3) is 5.90. The Morgan fingerprint density at radius 2 is 1.86 bits per heavy atom. The second-order valence-corrected chi connectivity index (χ2v) is 3.60. The lowest BCUT2D eigenvalue weighted by atomic mass is 10.1. The van der Waals surface area contributed by atoms with Crippen molar-refractivity contribution in [3.05, 3.63) is 0 Å². The van der Waals surface area contributed by atoms with Crippen molar-refractivity contribution in [2.24, 2.45) is 5.92 Å². The van der Waals surface area contributed by atoms with Crippen LogP contribution < -0.4 is 0 Å². The van der Waals surface area contributed by atoms with E-state index in [0.29, 0.717) is 0 Å². The van der Waals surface area contributed by atoms with Crippen LogP contribution in [0.5, 0.6) is 0 Å². The normalized spacial score (nSPS) is 15.3. The van der Waals surface area contributed by atoms with Gasteiger partial charge in [-0.25, -0.2) is 0 Å². The molecular weight excluding hydrogens is 188 g/mol. The number of rotatable bonds is 6. The Morgan fingerprint density at radius 1 is 1.29 bits per heavy atom. The molecule has 0 aromatic heterocycles. The molecule has 0 rings (SSSR count).